The maximum Gasteiger partial charge on any atom is 0.330 e. The number of ether oxygens (including phenoxy) is 2. The quantitative estimate of drug-likeness (QED) is 0.223. The number of hydrogen-bond acceptors (Lipinski definition) is 7. The molecule has 39 heavy (non-hydrogen) atoms. The molecule has 212 valence electrons. The summed E-state index contributed by atoms with van der Waals surface area (Å²) in [5.41, 5.74) is 1.05. The number of nitrogens with zero attached hydrogens (tertiary/aromatic N) is 1. The summed E-state index contributed by atoms with van der Waals surface area (Å²) in [6.07, 6.45) is 1.96. The molecule has 4 N–H and O–H groups in total. The lowest BCUT2D eigenvalue weighted by Crippen LogP contribution is -2.51. The van der Waals surface area contributed by atoms with Gasteiger partial charge in [0.15, 0.2) is 0 Å². The first-order valence-electron chi connectivity index (χ1n) is 13.2. The molecule has 0 radical (unpaired) electrons. The molecule has 3 atom stereocenters. The maximum atomic E-state index is 13.2. The van der Waals surface area contributed by atoms with Gasteiger partial charge in [0, 0.05) is 42.7 Å². The first-order chi connectivity index (χ1) is 18.6. The number of aliphatic hydroxyl groups is 1. The van der Waals surface area contributed by atoms with Crippen LogP contribution in [0.1, 0.15) is 44.1 Å². The monoisotopic (exact) mass is 542 g/mol. The number of H-pyrrole nitrogens is 1. The molecule has 1 aliphatic rings. The highest BCUT2D eigenvalue weighted by atomic mass is 16.5. The second kappa shape index (κ2) is 13.8. The average Bonchev–Trinajstić information content (AvgIpc) is 3.52. The van der Waals surface area contributed by atoms with Crippen LogP contribution in [0.4, 0.5) is 0 Å². The number of benzene rings is 1. The number of amides is 3. The van der Waals surface area contributed by atoms with Crippen LogP contribution in [0.15, 0.2) is 36.4 Å². The summed E-state index contributed by atoms with van der Waals surface area (Å²) in [6.45, 7) is 6.19. The van der Waals surface area contributed by atoms with Gasteiger partial charge in [-0.25, -0.2) is 4.79 Å². The number of methoxy groups -OCH3 is 1. The van der Waals surface area contributed by atoms with Crippen molar-refractivity contribution in [1.82, 2.24) is 20.5 Å². The Labute approximate surface area is 227 Å². The van der Waals surface area contributed by atoms with E-state index in [1.165, 1.54) is 4.90 Å². The third-order valence-electron chi connectivity index (χ3n) is 6.57. The number of rotatable bonds is 13. The predicted octanol–water partition coefficient (Wildman–Crippen LogP) is 1.77. The van der Waals surface area contributed by atoms with E-state index in [9.17, 15) is 24.3 Å². The number of esters is 1. The molecule has 0 bridgehead atoms. The zero-order valence-corrected chi connectivity index (χ0v) is 22.9. The third-order valence-corrected chi connectivity index (χ3v) is 6.57. The fourth-order valence-electron chi connectivity index (χ4n) is 4.62. The Hall–Kier alpha value is -3.86. The van der Waals surface area contributed by atoms with Gasteiger partial charge in [0.2, 0.25) is 11.8 Å². The van der Waals surface area contributed by atoms with Crippen molar-refractivity contribution >= 4 is 34.6 Å². The second-order valence-electron chi connectivity index (χ2n) is 9.99. The number of aromatic nitrogens is 1. The fraction of sp³-hybridized carbons (Fsp3) is 0.500. The fourth-order valence-corrected chi connectivity index (χ4v) is 4.62. The van der Waals surface area contributed by atoms with Crippen LogP contribution in [0.25, 0.3) is 10.9 Å². The van der Waals surface area contributed by atoms with Crippen molar-refractivity contribution in [2.45, 2.75) is 45.8 Å². The van der Waals surface area contributed by atoms with E-state index in [0.29, 0.717) is 30.8 Å². The van der Waals surface area contributed by atoms with Gasteiger partial charge in [0.25, 0.3) is 5.91 Å². The molecule has 1 saturated heterocycles. The Kier molecular flexibility index (Phi) is 10.5. The Balaban J connectivity index is 1.78. The number of fused-ring (bicyclic) bond motifs is 1. The number of carbonyl (C=O) groups excluding carboxylic acids is 4. The summed E-state index contributed by atoms with van der Waals surface area (Å²) in [6, 6.07) is 6.46. The molecule has 2 aromatic rings. The minimum Gasteiger partial charge on any atom is -0.496 e. The van der Waals surface area contributed by atoms with Crippen molar-refractivity contribution in [2.24, 2.45) is 11.8 Å². The highest BCUT2D eigenvalue weighted by Crippen LogP contribution is 2.26. The predicted molar refractivity (Wildman–Crippen MR) is 145 cm³/mol. The second-order valence-corrected chi connectivity index (χ2v) is 9.99. The summed E-state index contributed by atoms with van der Waals surface area (Å²) < 4.78 is 10.2. The lowest BCUT2D eigenvalue weighted by molar-refractivity contribution is -0.138. The van der Waals surface area contributed by atoms with Crippen LogP contribution in [0.2, 0.25) is 0 Å². The van der Waals surface area contributed by atoms with Crippen LogP contribution in [-0.2, 0) is 19.1 Å². The highest BCUT2D eigenvalue weighted by Gasteiger charge is 2.31. The Morgan fingerprint density at radius 2 is 2.03 bits per heavy atom. The Morgan fingerprint density at radius 1 is 1.26 bits per heavy atom. The summed E-state index contributed by atoms with van der Waals surface area (Å²) >= 11 is 0. The summed E-state index contributed by atoms with van der Waals surface area (Å²) in [7, 11) is 1.56. The van der Waals surface area contributed by atoms with Gasteiger partial charge in [0.1, 0.15) is 11.4 Å². The molecule has 0 aliphatic carbocycles. The van der Waals surface area contributed by atoms with Gasteiger partial charge in [0.05, 0.1) is 31.8 Å². The molecule has 0 spiro atoms. The maximum absolute atomic E-state index is 13.2. The van der Waals surface area contributed by atoms with Gasteiger partial charge >= 0.3 is 5.97 Å². The average molecular weight is 543 g/mol. The van der Waals surface area contributed by atoms with Gasteiger partial charge in [-0.3, -0.25) is 14.4 Å². The molecule has 1 aliphatic heterocycles. The molecule has 3 amide bonds. The van der Waals surface area contributed by atoms with E-state index in [2.05, 4.69) is 15.6 Å². The molecule has 11 nitrogen and oxygen atoms in total. The summed E-state index contributed by atoms with van der Waals surface area (Å²) in [4.78, 5) is 54.6. The molecular weight excluding hydrogens is 504 g/mol. The van der Waals surface area contributed by atoms with Crippen molar-refractivity contribution in [3.63, 3.8) is 0 Å². The number of aromatic amines is 1. The summed E-state index contributed by atoms with van der Waals surface area (Å²) in [5.74, 6) is -1.46. The van der Waals surface area contributed by atoms with Crippen molar-refractivity contribution < 1.29 is 33.8 Å². The van der Waals surface area contributed by atoms with E-state index in [1.807, 2.05) is 26.0 Å². The van der Waals surface area contributed by atoms with Crippen molar-refractivity contribution in [2.75, 3.05) is 33.4 Å². The molecule has 1 fully saturated rings. The lowest BCUT2D eigenvalue weighted by atomic mass is 9.98. The van der Waals surface area contributed by atoms with Gasteiger partial charge in [-0.1, -0.05) is 19.9 Å². The molecule has 1 aromatic heterocycles. The first-order valence-corrected chi connectivity index (χ1v) is 13.2. The largest absolute Gasteiger partial charge is 0.496 e. The van der Waals surface area contributed by atoms with Crippen LogP contribution in [0.5, 0.6) is 5.75 Å². The van der Waals surface area contributed by atoms with E-state index in [0.717, 1.165) is 23.1 Å². The van der Waals surface area contributed by atoms with Crippen molar-refractivity contribution in [1.29, 1.82) is 0 Å². The van der Waals surface area contributed by atoms with Gasteiger partial charge < -0.3 is 35.1 Å². The zero-order chi connectivity index (χ0) is 28.5. The Bertz CT molecular complexity index is 1210. The van der Waals surface area contributed by atoms with Gasteiger partial charge in [-0.15, -0.1) is 0 Å². The minimum absolute atomic E-state index is 0.0685. The van der Waals surface area contributed by atoms with Crippen LogP contribution >= 0.6 is 0 Å². The van der Waals surface area contributed by atoms with Crippen LogP contribution < -0.4 is 15.4 Å². The molecule has 3 rings (SSSR count). The van der Waals surface area contributed by atoms with Crippen LogP contribution in [-0.4, -0.2) is 84.2 Å². The lowest BCUT2D eigenvalue weighted by Gasteiger charge is -2.31. The smallest absolute Gasteiger partial charge is 0.330 e. The standard InChI is InChI=1S/C28H38N4O7/c1-5-39-26(35)10-9-25(34)32(15-18-11-12-29-27(18)36)16-23(33)21(13-17(2)3)31-28(37)22-14-19-20(30-22)7-6-8-24(19)38-4/h6-10,14,17-18,21,23,30,33H,5,11-13,15-16H2,1-4H3,(H,29,36)(H,31,37)/b10-9+/t18-,21-,23+/m0/s1. The van der Waals surface area contributed by atoms with E-state index < -0.39 is 35.8 Å². The molecule has 11 heteroatoms. The van der Waals surface area contributed by atoms with Crippen LogP contribution in [0, 0.1) is 11.8 Å². The molecule has 1 aromatic carbocycles. The topological polar surface area (TPSA) is 150 Å². The zero-order valence-electron chi connectivity index (χ0n) is 22.9. The summed E-state index contributed by atoms with van der Waals surface area (Å²) in [5, 5.41) is 17.6. The molecule has 0 unspecified atom stereocenters. The third kappa shape index (κ3) is 8.06. The number of aliphatic hydroxyl groups excluding tert-OH is 1. The van der Waals surface area contributed by atoms with Gasteiger partial charge in [-0.2, -0.15) is 0 Å². The van der Waals surface area contributed by atoms with E-state index >= 15 is 0 Å². The van der Waals surface area contributed by atoms with Crippen LogP contribution in [0.3, 0.4) is 0 Å². The van der Waals surface area contributed by atoms with Gasteiger partial charge in [-0.05, 0) is 43.9 Å². The molecule has 0 saturated carbocycles. The SMILES string of the molecule is CCOC(=O)/C=C/C(=O)N(C[C@@H]1CCNC1=O)C[C@@H](O)[C@H](CC(C)C)NC(=O)c1cc2c(OC)cccc2[nH]1. The Morgan fingerprint density at radius 3 is 2.67 bits per heavy atom. The van der Waals surface area contributed by atoms with Crippen molar-refractivity contribution in [3.05, 3.63) is 42.1 Å². The minimum atomic E-state index is -1.14. The van der Waals surface area contributed by atoms with E-state index in [1.54, 1.807) is 26.2 Å². The normalized spacial score (nSPS) is 16.8. The van der Waals surface area contributed by atoms with E-state index in [4.69, 9.17) is 9.47 Å². The number of carbonyl (C=O) groups is 4. The number of nitrogens with one attached hydrogen (secondary N) is 3. The number of hydrogen-bond donors (Lipinski definition) is 4. The first kappa shape index (κ1) is 29.7. The molecule has 2 heterocycles. The molecular formula is C28H38N4O7. The van der Waals surface area contributed by atoms with Crippen molar-refractivity contribution in [3.8, 4) is 5.75 Å². The van der Waals surface area contributed by atoms with E-state index in [-0.39, 0.29) is 31.5 Å². The highest BCUT2D eigenvalue weighted by molar-refractivity contribution is 6.00.